The summed E-state index contributed by atoms with van der Waals surface area (Å²) < 4.78 is 0. The first-order valence-corrected chi connectivity index (χ1v) is 5.88. The van der Waals surface area contributed by atoms with Gasteiger partial charge in [-0.05, 0) is 20.9 Å². The topological polar surface area (TPSA) is 42.7 Å². The lowest BCUT2D eigenvalue weighted by atomic mass is 10.1. The van der Waals surface area contributed by atoms with Crippen molar-refractivity contribution in [2.24, 2.45) is 0 Å². The molecule has 4 heteroatoms. The van der Waals surface area contributed by atoms with Crippen LogP contribution in [0.3, 0.4) is 0 Å². The van der Waals surface area contributed by atoms with Gasteiger partial charge in [0.2, 0.25) is 0 Å². The van der Waals surface area contributed by atoms with Gasteiger partial charge in [0.15, 0.2) is 0 Å². The molecule has 0 spiro atoms. The molecule has 0 aliphatic carbocycles. The van der Waals surface area contributed by atoms with E-state index in [-0.39, 0.29) is 6.04 Å². The van der Waals surface area contributed by atoms with E-state index in [9.17, 15) is 0 Å². The molecule has 0 radical (unpaired) electrons. The van der Waals surface area contributed by atoms with E-state index in [2.05, 4.69) is 41.5 Å². The molecule has 0 fully saturated rings. The molecule has 2 aromatic rings. The summed E-state index contributed by atoms with van der Waals surface area (Å²) in [4.78, 5) is 1.77. The van der Waals surface area contributed by atoms with Crippen molar-refractivity contribution in [2.75, 3.05) is 7.05 Å². The molecule has 0 unspecified atom stereocenters. The van der Waals surface area contributed by atoms with Crippen molar-refractivity contribution in [1.29, 1.82) is 0 Å². The smallest absolute Gasteiger partial charge is 0.117 e. The Kier molecular flexibility index (Phi) is 3.54. The Balaban J connectivity index is 2.44. The summed E-state index contributed by atoms with van der Waals surface area (Å²) in [5.74, 6) is 0. The number of benzene rings is 1. The highest BCUT2D eigenvalue weighted by Gasteiger charge is 2.13. The van der Waals surface area contributed by atoms with E-state index in [4.69, 9.17) is 0 Å². The standard InChI is InChI=1S/C13H18N4/c1-10(2)17-15-12(9-14-3)13(16-17)11-7-5-4-6-8-11/h4-8,10,14H,9H2,1-3H3. The highest BCUT2D eigenvalue weighted by atomic mass is 15.5. The maximum absolute atomic E-state index is 4.56. The van der Waals surface area contributed by atoms with Gasteiger partial charge in [-0.1, -0.05) is 30.3 Å². The second kappa shape index (κ2) is 5.10. The van der Waals surface area contributed by atoms with Gasteiger partial charge in [0.05, 0.1) is 6.04 Å². The van der Waals surface area contributed by atoms with Crippen molar-refractivity contribution < 1.29 is 0 Å². The molecule has 1 aromatic heterocycles. The Labute approximate surface area is 102 Å². The third-order valence-electron chi connectivity index (χ3n) is 2.55. The van der Waals surface area contributed by atoms with Gasteiger partial charge < -0.3 is 5.32 Å². The highest BCUT2D eigenvalue weighted by molar-refractivity contribution is 5.60. The van der Waals surface area contributed by atoms with Crippen molar-refractivity contribution in [3.05, 3.63) is 36.0 Å². The van der Waals surface area contributed by atoms with Crippen molar-refractivity contribution in [3.63, 3.8) is 0 Å². The van der Waals surface area contributed by atoms with Gasteiger partial charge >= 0.3 is 0 Å². The first-order valence-electron chi connectivity index (χ1n) is 5.88. The zero-order valence-corrected chi connectivity index (χ0v) is 10.5. The normalized spacial score (nSPS) is 11.1. The second-order valence-corrected chi connectivity index (χ2v) is 4.31. The lowest BCUT2D eigenvalue weighted by molar-refractivity contribution is 0.462. The van der Waals surface area contributed by atoms with Crippen LogP contribution >= 0.6 is 0 Å². The van der Waals surface area contributed by atoms with E-state index in [0.717, 1.165) is 23.5 Å². The van der Waals surface area contributed by atoms with Crippen molar-refractivity contribution in [2.45, 2.75) is 26.4 Å². The Morgan fingerprint density at radius 2 is 1.88 bits per heavy atom. The maximum atomic E-state index is 4.56. The van der Waals surface area contributed by atoms with E-state index in [1.54, 1.807) is 4.80 Å². The van der Waals surface area contributed by atoms with Crippen LogP contribution in [0.2, 0.25) is 0 Å². The fourth-order valence-corrected chi connectivity index (χ4v) is 1.69. The summed E-state index contributed by atoms with van der Waals surface area (Å²) in [5.41, 5.74) is 3.07. The van der Waals surface area contributed by atoms with Crippen LogP contribution in [0, 0.1) is 0 Å². The fraction of sp³-hybridized carbons (Fsp3) is 0.385. The summed E-state index contributed by atoms with van der Waals surface area (Å²) in [6, 6.07) is 10.5. The van der Waals surface area contributed by atoms with Gasteiger partial charge in [-0.2, -0.15) is 15.0 Å². The minimum atomic E-state index is 0.281. The lowest BCUT2D eigenvalue weighted by Crippen LogP contribution is -2.08. The number of hydrogen-bond acceptors (Lipinski definition) is 3. The minimum absolute atomic E-state index is 0.281. The van der Waals surface area contributed by atoms with Gasteiger partial charge in [0.1, 0.15) is 11.4 Å². The molecule has 2 rings (SSSR count). The molecule has 1 aromatic carbocycles. The second-order valence-electron chi connectivity index (χ2n) is 4.31. The molecule has 0 amide bonds. The summed E-state index contributed by atoms with van der Waals surface area (Å²) in [6.45, 7) is 4.90. The number of hydrogen-bond donors (Lipinski definition) is 1. The van der Waals surface area contributed by atoms with Crippen LogP contribution in [0.1, 0.15) is 25.6 Å². The van der Waals surface area contributed by atoms with Crippen molar-refractivity contribution in [3.8, 4) is 11.3 Å². The summed E-state index contributed by atoms with van der Waals surface area (Å²) >= 11 is 0. The Morgan fingerprint density at radius 1 is 1.18 bits per heavy atom. The van der Waals surface area contributed by atoms with E-state index >= 15 is 0 Å². The summed E-state index contributed by atoms with van der Waals surface area (Å²) in [7, 11) is 1.92. The van der Waals surface area contributed by atoms with Gasteiger partial charge in [0.25, 0.3) is 0 Å². The predicted octanol–water partition coefficient (Wildman–Crippen LogP) is 2.25. The van der Waals surface area contributed by atoms with Gasteiger partial charge in [-0.15, -0.1) is 0 Å². The van der Waals surface area contributed by atoms with Crippen LogP contribution in [0.15, 0.2) is 30.3 Å². The largest absolute Gasteiger partial charge is 0.314 e. The number of nitrogens with zero attached hydrogens (tertiary/aromatic N) is 3. The molecule has 0 saturated carbocycles. The van der Waals surface area contributed by atoms with Crippen molar-refractivity contribution in [1.82, 2.24) is 20.3 Å². The van der Waals surface area contributed by atoms with Gasteiger partial charge in [-0.25, -0.2) is 0 Å². The summed E-state index contributed by atoms with van der Waals surface area (Å²) in [6.07, 6.45) is 0. The molecule has 0 bridgehead atoms. The van der Waals surface area contributed by atoms with Crippen LogP contribution in [-0.2, 0) is 6.54 Å². The molecular weight excluding hydrogens is 212 g/mol. The zero-order valence-electron chi connectivity index (χ0n) is 10.5. The first kappa shape index (κ1) is 11.8. The predicted molar refractivity (Wildman–Crippen MR) is 68.6 cm³/mol. The molecule has 1 N–H and O–H groups in total. The maximum Gasteiger partial charge on any atom is 0.117 e. The minimum Gasteiger partial charge on any atom is -0.314 e. The number of aromatic nitrogens is 3. The van der Waals surface area contributed by atoms with E-state index in [1.165, 1.54) is 0 Å². The molecule has 4 nitrogen and oxygen atoms in total. The fourth-order valence-electron chi connectivity index (χ4n) is 1.69. The SMILES string of the molecule is CNCc1nn(C(C)C)nc1-c1ccccc1. The molecule has 0 saturated heterocycles. The Hall–Kier alpha value is -1.68. The average molecular weight is 230 g/mol. The van der Waals surface area contributed by atoms with Crippen LogP contribution < -0.4 is 5.32 Å². The molecule has 0 aliphatic rings. The molecular formula is C13H18N4. The molecule has 0 atom stereocenters. The molecule has 17 heavy (non-hydrogen) atoms. The number of rotatable bonds is 4. The van der Waals surface area contributed by atoms with Crippen molar-refractivity contribution >= 4 is 0 Å². The van der Waals surface area contributed by atoms with Crippen LogP contribution in [0.5, 0.6) is 0 Å². The lowest BCUT2D eigenvalue weighted by Gasteiger charge is -2.00. The van der Waals surface area contributed by atoms with Gasteiger partial charge in [-0.3, -0.25) is 0 Å². The van der Waals surface area contributed by atoms with Crippen LogP contribution in [0.4, 0.5) is 0 Å². The third-order valence-corrected chi connectivity index (χ3v) is 2.55. The van der Waals surface area contributed by atoms with E-state index < -0.39 is 0 Å². The van der Waals surface area contributed by atoms with Crippen LogP contribution in [-0.4, -0.2) is 22.0 Å². The Bertz CT molecular complexity index is 473. The average Bonchev–Trinajstić information content (AvgIpc) is 2.75. The summed E-state index contributed by atoms with van der Waals surface area (Å²) in [5, 5.41) is 12.2. The van der Waals surface area contributed by atoms with Crippen LogP contribution in [0.25, 0.3) is 11.3 Å². The monoisotopic (exact) mass is 230 g/mol. The van der Waals surface area contributed by atoms with E-state index in [0.29, 0.717) is 0 Å². The first-order chi connectivity index (χ1) is 8.22. The quantitative estimate of drug-likeness (QED) is 0.876. The third kappa shape index (κ3) is 2.53. The molecule has 1 heterocycles. The Morgan fingerprint density at radius 3 is 2.47 bits per heavy atom. The highest BCUT2D eigenvalue weighted by Crippen LogP contribution is 2.20. The van der Waals surface area contributed by atoms with Gasteiger partial charge in [0, 0.05) is 12.1 Å². The molecule has 90 valence electrons. The van der Waals surface area contributed by atoms with E-state index in [1.807, 2.05) is 25.2 Å². The number of nitrogens with one attached hydrogen (secondary N) is 1. The zero-order chi connectivity index (χ0) is 12.3. The molecule has 0 aliphatic heterocycles.